The van der Waals surface area contributed by atoms with Crippen molar-refractivity contribution >= 4 is 28.4 Å². The number of fused-ring (bicyclic) bond motifs is 1. The van der Waals surface area contributed by atoms with Crippen molar-refractivity contribution in [3.05, 3.63) is 70.5 Å². The molecule has 1 heterocycles. The predicted octanol–water partition coefficient (Wildman–Crippen LogP) is 1.81. The zero-order valence-corrected chi connectivity index (χ0v) is 14.5. The second kappa shape index (κ2) is 7.77. The number of halogens is 1. The van der Waals surface area contributed by atoms with Crippen LogP contribution in [-0.2, 0) is 22.7 Å². The van der Waals surface area contributed by atoms with E-state index >= 15 is 0 Å². The number of anilines is 1. The summed E-state index contributed by atoms with van der Waals surface area (Å²) in [5.74, 6) is -1.11. The van der Waals surface area contributed by atoms with Gasteiger partial charge in [-0.25, -0.2) is 9.37 Å². The fourth-order valence-electron chi connectivity index (χ4n) is 2.62. The molecule has 0 saturated heterocycles. The van der Waals surface area contributed by atoms with Crippen LogP contribution in [0.5, 0.6) is 0 Å². The van der Waals surface area contributed by atoms with Crippen LogP contribution in [0.2, 0.25) is 0 Å². The van der Waals surface area contributed by atoms with Gasteiger partial charge in [-0.05, 0) is 35.9 Å². The standard InChI is InChI=1S/C19H17FN4O3/c1-12(25)23-15-4-2-3-13(7-15)9-21-18(26)10-24-11-22-17-6-5-14(20)8-16(17)19(24)27/h2-8,11H,9-10H2,1H3,(H,21,26)(H,23,25). The lowest BCUT2D eigenvalue weighted by Crippen LogP contribution is -2.32. The van der Waals surface area contributed by atoms with Gasteiger partial charge in [0, 0.05) is 19.2 Å². The lowest BCUT2D eigenvalue weighted by atomic mass is 10.2. The number of benzene rings is 2. The van der Waals surface area contributed by atoms with Crippen LogP contribution >= 0.6 is 0 Å². The highest BCUT2D eigenvalue weighted by Crippen LogP contribution is 2.11. The van der Waals surface area contributed by atoms with E-state index in [0.717, 1.165) is 16.2 Å². The van der Waals surface area contributed by atoms with Crippen molar-refractivity contribution in [3.63, 3.8) is 0 Å². The van der Waals surface area contributed by atoms with E-state index < -0.39 is 11.4 Å². The number of aromatic nitrogens is 2. The molecular formula is C19H17FN4O3. The highest BCUT2D eigenvalue weighted by Gasteiger charge is 2.09. The second-order valence-electron chi connectivity index (χ2n) is 6.00. The Bertz CT molecular complexity index is 1080. The molecule has 2 aromatic carbocycles. The molecule has 0 aliphatic heterocycles. The number of hydrogen-bond donors (Lipinski definition) is 2. The van der Waals surface area contributed by atoms with Crippen LogP contribution in [0, 0.1) is 5.82 Å². The fraction of sp³-hybridized carbons (Fsp3) is 0.158. The molecule has 0 fully saturated rings. The van der Waals surface area contributed by atoms with Gasteiger partial charge < -0.3 is 10.6 Å². The summed E-state index contributed by atoms with van der Waals surface area (Å²) in [6.45, 7) is 1.41. The Balaban J connectivity index is 1.68. The number of nitrogens with one attached hydrogen (secondary N) is 2. The molecule has 0 atom stereocenters. The van der Waals surface area contributed by atoms with E-state index in [1.165, 1.54) is 25.4 Å². The largest absolute Gasteiger partial charge is 0.350 e. The summed E-state index contributed by atoms with van der Waals surface area (Å²) in [6, 6.07) is 10.8. The minimum Gasteiger partial charge on any atom is -0.350 e. The Morgan fingerprint density at radius 1 is 1.19 bits per heavy atom. The summed E-state index contributed by atoms with van der Waals surface area (Å²) in [5.41, 5.74) is 1.31. The van der Waals surface area contributed by atoms with Gasteiger partial charge in [0.1, 0.15) is 12.4 Å². The van der Waals surface area contributed by atoms with Crippen LogP contribution in [0.15, 0.2) is 53.6 Å². The molecule has 0 radical (unpaired) electrons. The zero-order chi connectivity index (χ0) is 19.4. The molecule has 0 aliphatic rings. The van der Waals surface area contributed by atoms with Gasteiger partial charge in [-0.3, -0.25) is 19.0 Å². The van der Waals surface area contributed by atoms with Crippen LogP contribution < -0.4 is 16.2 Å². The van der Waals surface area contributed by atoms with E-state index in [4.69, 9.17) is 0 Å². The highest BCUT2D eigenvalue weighted by atomic mass is 19.1. The number of hydrogen-bond acceptors (Lipinski definition) is 4. The Labute approximate surface area is 153 Å². The first-order valence-electron chi connectivity index (χ1n) is 8.20. The number of nitrogens with zero attached hydrogens (tertiary/aromatic N) is 2. The highest BCUT2D eigenvalue weighted by molar-refractivity contribution is 5.88. The average Bonchev–Trinajstić information content (AvgIpc) is 2.62. The van der Waals surface area contributed by atoms with E-state index in [9.17, 15) is 18.8 Å². The molecule has 0 spiro atoms. The van der Waals surface area contributed by atoms with E-state index in [2.05, 4.69) is 15.6 Å². The maximum atomic E-state index is 13.3. The van der Waals surface area contributed by atoms with E-state index in [-0.39, 0.29) is 30.3 Å². The topological polar surface area (TPSA) is 93.1 Å². The first kappa shape index (κ1) is 18.2. The Kier molecular flexibility index (Phi) is 5.25. The van der Waals surface area contributed by atoms with Crippen LogP contribution in [0.3, 0.4) is 0 Å². The van der Waals surface area contributed by atoms with E-state index in [0.29, 0.717) is 11.2 Å². The van der Waals surface area contributed by atoms with Gasteiger partial charge in [-0.15, -0.1) is 0 Å². The minimum absolute atomic E-state index is 0.119. The van der Waals surface area contributed by atoms with Crippen molar-refractivity contribution < 1.29 is 14.0 Å². The van der Waals surface area contributed by atoms with Gasteiger partial charge in [0.25, 0.3) is 5.56 Å². The molecule has 0 unspecified atom stereocenters. The first-order valence-corrected chi connectivity index (χ1v) is 8.20. The summed E-state index contributed by atoms with van der Waals surface area (Å²) in [6.07, 6.45) is 1.26. The SMILES string of the molecule is CC(=O)Nc1cccc(CNC(=O)Cn2cnc3ccc(F)cc3c2=O)c1. The number of carbonyl (C=O) groups excluding carboxylic acids is 2. The second-order valence-corrected chi connectivity index (χ2v) is 6.00. The molecular weight excluding hydrogens is 351 g/mol. The third-order valence-corrected chi connectivity index (χ3v) is 3.84. The lowest BCUT2D eigenvalue weighted by Gasteiger charge is -2.09. The molecule has 2 amide bonds. The molecule has 1 aromatic heterocycles. The summed E-state index contributed by atoms with van der Waals surface area (Å²) in [5, 5.41) is 5.49. The van der Waals surface area contributed by atoms with Crippen molar-refractivity contribution in [1.29, 1.82) is 0 Å². The van der Waals surface area contributed by atoms with E-state index in [1.54, 1.807) is 24.3 Å². The molecule has 7 nitrogen and oxygen atoms in total. The fourth-order valence-corrected chi connectivity index (χ4v) is 2.62. The third kappa shape index (κ3) is 4.55. The first-order chi connectivity index (χ1) is 12.9. The van der Waals surface area contributed by atoms with Crippen molar-refractivity contribution in [2.24, 2.45) is 0 Å². The van der Waals surface area contributed by atoms with Crippen LogP contribution in [-0.4, -0.2) is 21.4 Å². The van der Waals surface area contributed by atoms with Crippen LogP contribution in [0.25, 0.3) is 10.9 Å². The molecule has 0 aliphatic carbocycles. The summed E-state index contributed by atoms with van der Waals surface area (Å²) < 4.78 is 14.5. The lowest BCUT2D eigenvalue weighted by molar-refractivity contribution is -0.122. The van der Waals surface area contributed by atoms with Gasteiger partial charge >= 0.3 is 0 Å². The quantitative estimate of drug-likeness (QED) is 0.718. The van der Waals surface area contributed by atoms with Crippen molar-refractivity contribution in [1.82, 2.24) is 14.9 Å². The average molecular weight is 368 g/mol. The van der Waals surface area contributed by atoms with Gasteiger partial charge in [-0.1, -0.05) is 12.1 Å². The van der Waals surface area contributed by atoms with Crippen molar-refractivity contribution in [3.8, 4) is 0 Å². The normalized spacial score (nSPS) is 10.6. The van der Waals surface area contributed by atoms with E-state index in [1.807, 2.05) is 0 Å². The van der Waals surface area contributed by atoms with Gasteiger partial charge in [0.15, 0.2) is 0 Å². The molecule has 0 bridgehead atoms. The number of carbonyl (C=O) groups is 2. The maximum absolute atomic E-state index is 13.3. The van der Waals surface area contributed by atoms with Crippen LogP contribution in [0.1, 0.15) is 12.5 Å². The summed E-state index contributed by atoms with van der Waals surface area (Å²) in [7, 11) is 0. The molecule has 3 aromatic rings. The monoisotopic (exact) mass is 368 g/mol. The Morgan fingerprint density at radius 2 is 2.00 bits per heavy atom. The molecule has 0 saturated carbocycles. The molecule has 2 N–H and O–H groups in total. The number of rotatable bonds is 5. The molecule has 138 valence electrons. The van der Waals surface area contributed by atoms with Crippen LogP contribution in [0.4, 0.5) is 10.1 Å². The van der Waals surface area contributed by atoms with Gasteiger partial charge in [0.2, 0.25) is 11.8 Å². The number of amides is 2. The Morgan fingerprint density at radius 3 is 2.78 bits per heavy atom. The maximum Gasteiger partial charge on any atom is 0.261 e. The van der Waals surface area contributed by atoms with Crippen molar-refractivity contribution in [2.75, 3.05) is 5.32 Å². The van der Waals surface area contributed by atoms with Gasteiger partial charge in [0.05, 0.1) is 17.2 Å². The van der Waals surface area contributed by atoms with Gasteiger partial charge in [-0.2, -0.15) is 0 Å². The predicted molar refractivity (Wildman–Crippen MR) is 98.6 cm³/mol. The summed E-state index contributed by atoms with van der Waals surface area (Å²) >= 11 is 0. The Hall–Kier alpha value is -3.55. The smallest absolute Gasteiger partial charge is 0.261 e. The molecule has 3 rings (SSSR count). The minimum atomic E-state index is -0.539. The third-order valence-electron chi connectivity index (χ3n) is 3.84. The molecule has 8 heteroatoms. The zero-order valence-electron chi connectivity index (χ0n) is 14.5. The molecule has 27 heavy (non-hydrogen) atoms. The van der Waals surface area contributed by atoms with Crippen molar-refractivity contribution in [2.45, 2.75) is 20.0 Å². The summed E-state index contributed by atoms with van der Waals surface area (Å²) in [4.78, 5) is 39.7.